The van der Waals surface area contributed by atoms with Gasteiger partial charge in [0.1, 0.15) is 18.0 Å². The zero-order valence-electron chi connectivity index (χ0n) is 19.7. The fourth-order valence-corrected chi connectivity index (χ4v) is 5.15. The summed E-state index contributed by atoms with van der Waals surface area (Å²) >= 11 is 6.39. The van der Waals surface area contributed by atoms with Gasteiger partial charge in [0.15, 0.2) is 5.75 Å². The molecule has 0 bridgehead atoms. The SMILES string of the molecule is COc1c(Cl)cccc1Nc1c(-c2ccncc2OCC2(C)CCO2)[nH]c2c1C(=O)NCC21CC1. The highest BCUT2D eigenvalue weighted by molar-refractivity contribution is 6.32. The third-order valence-electron chi connectivity index (χ3n) is 7.30. The minimum Gasteiger partial charge on any atom is -0.493 e. The highest BCUT2D eigenvalue weighted by atomic mass is 35.5. The maximum Gasteiger partial charge on any atom is 0.255 e. The molecule has 1 saturated carbocycles. The number of aromatic nitrogens is 2. The summed E-state index contributed by atoms with van der Waals surface area (Å²) in [6.45, 7) is 3.84. The van der Waals surface area contributed by atoms with E-state index in [1.54, 1.807) is 25.6 Å². The van der Waals surface area contributed by atoms with E-state index in [0.717, 1.165) is 42.8 Å². The van der Waals surface area contributed by atoms with Gasteiger partial charge in [-0.1, -0.05) is 17.7 Å². The Kier molecular flexibility index (Phi) is 5.19. The molecule has 1 atom stereocenters. The molecular formula is C26H27ClN4O4. The number of ether oxygens (including phenoxy) is 3. The summed E-state index contributed by atoms with van der Waals surface area (Å²) in [6.07, 6.45) is 6.42. The van der Waals surface area contributed by atoms with Crippen molar-refractivity contribution in [3.8, 4) is 22.8 Å². The normalized spacial score (nSPS) is 21.6. The van der Waals surface area contributed by atoms with Gasteiger partial charge in [-0.25, -0.2) is 0 Å². The molecule has 2 aromatic heterocycles. The molecule has 2 fully saturated rings. The van der Waals surface area contributed by atoms with Gasteiger partial charge in [-0.3, -0.25) is 9.78 Å². The largest absolute Gasteiger partial charge is 0.493 e. The summed E-state index contributed by atoms with van der Waals surface area (Å²) in [6, 6.07) is 7.38. The van der Waals surface area contributed by atoms with E-state index in [0.29, 0.717) is 46.6 Å². The smallest absolute Gasteiger partial charge is 0.255 e. The zero-order valence-corrected chi connectivity index (χ0v) is 20.4. The summed E-state index contributed by atoms with van der Waals surface area (Å²) in [4.78, 5) is 21.1. The molecule has 1 saturated heterocycles. The Morgan fingerprint density at radius 3 is 2.80 bits per heavy atom. The van der Waals surface area contributed by atoms with Crippen molar-refractivity contribution in [2.75, 3.05) is 32.2 Å². The van der Waals surface area contributed by atoms with Crippen LogP contribution in [0.1, 0.15) is 42.2 Å². The number of para-hydroxylation sites is 1. The first-order valence-electron chi connectivity index (χ1n) is 11.8. The first-order chi connectivity index (χ1) is 16.9. The number of H-pyrrole nitrogens is 1. The van der Waals surface area contributed by atoms with Crippen LogP contribution in [0.5, 0.6) is 11.5 Å². The van der Waals surface area contributed by atoms with Gasteiger partial charge in [0.2, 0.25) is 0 Å². The van der Waals surface area contributed by atoms with Crippen molar-refractivity contribution in [1.82, 2.24) is 15.3 Å². The second kappa shape index (κ2) is 8.17. The molecule has 1 aromatic carbocycles. The van der Waals surface area contributed by atoms with Crippen molar-refractivity contribution in [2.45, 2.75) is 37.2 Å². The molecule has 35 heavy (non-hydrogen) atoms. The Bertz CT molecular complexity index is 1310. The molecule has 1 amide bonds. The second-order valence-electron chi connectivity index (χ2n) is 9.74. The Morgan fingerprint density at radius 1 is 1.26 bits per heavy atom. The minimum absolute atomic E-state index is 0.0579. The fraction of sp³-hybridized carbons (Fsp3) is 0.385. The van der Waals surface area contributed by atoms with Crippen LogP contribution >= 0.6 is 11.6 Å². The molecule has 3 aromatic rings. The average molecular weight is 495 g/mol. The van der Waals surface area contributed by atoms with Crippen LogP contribution in [0.4, 0.5) is 11.4 Å². The van der Waals surface area contributed by atoms with Crippen molar-refractivity contribution in [1.29, 1.82) is 0 Å². The number of methoxy groups -OCH3 is 1. The van der Waals surface area contributed by atoms with E-state index in [2.05, 4.69) is 20.6 Å². The van der Waals surface area contributed by atoms with E-state index in [4.69, 9.17) is 25.8 Å². The van der Waals surface area contributed by atoms with Gasteiger partial charge in [0.25, 0.3) is 5.91 Å². The summed E-state index contributed by atoms with van der Waals surface area (Å²) in [5, 5.41) is 7.02. The maximum absolute atomic E-state index is 13.2. The van der Waals surface area contributed by atoms with E-state index in [-0.39, 0.29) is 16.9 Å². The lowest BCUT2D eigenvalue weighted by Gasteiger charge is -2.38. The van der Waals surface area contributed by atoms with Gasteiger partial charge in [-0.2, -0.15) is 0 Å². The maximum atomic E-state index is 13.2. The first-order valence-corrected chi connectivity index (χ1v) is 12.2. The Morgan fingerprint density at radius 2 is 2.09 bits per heavy atom. The molecule has 2 aliphatic heterocycles. The van der Waals surface area contributed by atoms with Crippen LogP contribution < -0.4 is 20.1 Å². The van der Waals surface area contributed by atoms with E-state index in [9.17, 15) is 4.79 Å². The van der Waals surface area contributed by atoms with Crippen molar-refractivity contribution >= 4 is 28.9 Å². The number of hydrogen-bond donors (Lipinski definition) is 3. The molecule has 4 heterocycles. The number of benzene rings is 1. The van der Waals surface area contributed by atoms with Gasteiger partial charge >= 0.3 is 0 Å². The molecule has 1 spiro atoms. The number of hydrogen-bond acceptors (Lipinski definition) is 6. The Labute approximate surface area is 208 Å². The molecule has 182 valence electrons. The number of rotatable bonds is 7. The predicted molar refractivity (Wildman–Crippen MR) is 133 cm³/mol. The van der Waals surface area contributed by atoms with Crippen LogP contribution in [0, 0.1) is 0 Å². The number of anilines is 2. The van der Waals surface area contributed by atoms with Gasteiger partial charge in [0, 0.05) is 35.8 Å². The molecule has 3 N–H and O–H groups in total. The van der Waals surface area contributed by atoms with Crippen LogP contribution in [-0.2, 0) is 10.2 Å². The summed E-state index contributed by atoms with van der Waals surface area (Å²) in [7, 11) is 1.57. The second-order valence-corrected chi connectivity index (χ2v) is 10.1. The minimum atomic E-state index is -0.296. The molecule has 6 rings (SSSR count). The van der Waals surface area contributed by atoms with E-state index in [1.807, 2.05) is 25.1 Å². The molecule has 1 unspecified atom stereocenters. The number of halogens is 1. The van der Waals surface area contributed by atoms with Crippen LogP contribution in [0.25, 0.3) is 11.3 Å². The highest BCUT2D eigenvalue weighted by Gasteiger charge is 2.51. The van der Waals surface area contributed by atoms with E-state index < -0.39 is 0 Å². The summed E-state index contributed by atoms with van der Waals surface area (Å²) in [5.41, 5.74) is 4.11. The lowest BCUT2D eigenvalue weighted by molar-refractivity contribution is -0.152. The highest BCUT2D eigenvalue weighted by Crippen LogP contribution is 2.54. The quantitative estimate of drug-likeness (QED) is 0.436. The molecule has 8 nitrogen and oxygen atoms in total. The molecule has 0 radical (unpaired) electrons. The third kappa shape index (κ3) is 3.72. The summed E-state index contributed by atoms with van der Waals surface area (Å²) in [5.74, 6) is 1.01. The van der Waals surface area contributed by atoms with Gasteiger partial charge in [-0.15, -0.1) is 0 Å². The standard InChI is InChI=1S/C26H27ClN4O4/c1-25(9-11-35-25)14-34-18-12-28-10-6-15(18)20-21(30-17-5-3-4-16(27)22(17)33-2)19-23(31-20)26(7-8-26)13-29-24(19)32/h3-6,10,12,30-31H,7-9,11,13-14H2,1-2H3,(H,29,32). The number of amides is 1. The van der Waals surface area contributed by atoms with Crippen molar-refractivity contribution < 1.29 is 19.0 Å². The third-order valence-corrected chi connectivity index (χ3v) is 7.59. The number of carbonyl (C=O) groups is 1. The molecular weight excluding hydrogens is 468 g/mol. The lowest BCUT2D eigenvalue weighted by atomic mass is 9.93. The number of nitrogens with one attached hydrogen (secondary N) is 3. The Hall–Kier alpha value is -3.23. The zero-order chi connectivity index (χ0) is 24.2. The van der Waals surface area contributed by atoms with Crippen molar-refractivity contribution in [2.24, 2.45) is 0 Å². The van der Waals surface area contributed by atoms with E-state index >= 15 is 0 Å². The number of fused-ring (bicyclic) bond motifs is 2. The van der Waals surface area contributed by atoms with Crippen LogP contribution in [0.3, 0.4) is 0 Å². The Balaban J connectivity index is 1.48. The monoisotopic (exact) mass is 494 g/mol. The fourth-order valence-electron chi connectivity index (χ4n) is 4.90. The van der Waals surface area contributed by atoms with Crippen molar-refractivity contribution in [3.63, 3.8) is 0 Å². The topological polar surface area (TPSA) is 97.5 Å². The van der Waals surface area contributed by atoms with Crippen molar-refractivity contribution in [3.05, 3.63) is 52.9 Å². The van der Waals surface area contributed by atoms with Crippen LogP contribution in [0.15, 0.2) is 36.7 Å². The number of nitrogens with zero attached hydrogens (tertiary/aromatic N) is 1. The molecule has 1 aliphatic carbocycles. The molecule has 3 aliphatic rings. The number of pyridine rings is 1. The van der Waals surface area contributed by atoms with Crippen LogP contribution in [0.2, 0.25) is 5.02 Å². The predicted octanol–water partition coefficient (Wildman–Crippen LogP) is 4.82. The number of carbonyl (C=O) groups excluding carboxylic acids is 1. The molecule has 9 heteroatoms. The average Bonchev–Trinajstić information content (AvgIpc) is 3.52. The van der Waals surface area contributed by atoms with Crippen LogP contribution in [-0.4, -0.2) is 48.3 Å². The summed E-state index contributed by atoms with van der Waals surface area (Å²) < 4.78 is 17.5. The van der Waals surface area contributed by atoms with Gasteiger partial charge in [-0.05, 0) is 38.0 Å². The van der Waals surface area contributed by atoms with E-state index in [1.165, 1.54) is 0 Å². The first kappa shape index (κ1) is 22.2. The lowest BCUT2D eigenvalue weighted by Crippen LogP contribution is -2.45. The van der Waals surface area contributed by atoms with Gasteiger partial charge in [0.05, 0.1) is 47.6 Å². The van der Waals surface area contributed by atoms with Gasteiger partial charge < -0.3 is 29.8 Å². The number of aromatic amines is 1.